The molecule has 72 valence electrons. The second-order valence-electron chi connectivity index (χ2n) is 3.18. The summed E-state index contributed by atoms with van der Waals surface area (Å²) in [5.74, 6) is 0. The number of halogens is 1. The molecule has 2 nitrogen and oxygen atoms in total. The Morgan fingerprint density at radius 2 is 2.23 bits per heavy atom. The lowest BCUT2D eigenvalue weighted by Crippen LogP contribution is -2.24. The van der Waals surface area contributed by atoms with Crippen LogP contribution in [-0.4, -0.2) is 11.1 Å². The summed E-state index contributed by atoms with van der Waals surface area (Å²) >= 11 is 0. The van der Waals surface area contributed by atoms with E-state index in [0.29, 0.717) is 11.1 Å². The smallest absolute Gasteiger partial charge is 0.115 e. The first-order valence-electron chi connectivity index (χ1n) is 4.23. The lowest BCUT2D eigenvalue weighted by molar-refractivity contribution is 0.153. The maximum absolute atomic E-state index is 12.3. The van der Waals surface area contributed by atoms with E-state index in [1.807, 2.05) is 0 Å². The van der Waals surface area contributed by atoms with Gasteiger partial charge < -0.3 is 10.8 Å². The zero-order valence-electron chi connectivity index (χ0n) is 7.57. The van der Waals surface area contributed by atoms with Crippen LogP contribution in [0.25, 0.3) is 0 Å². The first-order valence-corrected chi connectivity index (χ1v) is 4.23. The molecule has 0 fully saturated rings. The van der Waals surface area contributed by atoms with Crippen molar-refractivity contribution in [3.05, 3.63) is 35.4 Å². The van der Waals surface area contributed by atoms with Crippen LogP contribution in [0.2, 0.25) is 0 Å². The van der Waals surface area contributed by atoms with Crippen molar-refractivity contribution in [3.8, 4) is 0 Å². The largest absolute Gasteiger partial charge is 0.387 e. The van der Waals surface area contributed by atoms with Crippen molar-refractivity contribution in [2.45, 2.75) is 25.7 Å². The zero-order valence-corrected chi connectivity index (χ0v) is 7.57. The number of hydrogen-bond acceptors (Lipinski definition) is 2. The molecule has 1 aromatic rings. The van der Waals surface area contributed by atoms with E-state index in [0.717, 1.165) is 0 Å². The van der Waals surface area contributed by atoms with E-state index in [9.17, 15) is 9.50 Å². The van der Waals surface area contributed by atoms with Gasteiger partial charge in [-0.1, -0.05) is 24.3 Å². The lowest BCUT2D eigenvalue weighted by Gasteiger charge is -2.15. The maximum atomic E-state index is 12.3. The highest BCUT2D eigenvalue weighted by molar-refractivity contribution is 5.25. The Balaban J connectivity index is 2.88. The predicted molar refractivity (Wildman–Crippen MR) is 49.9 cm³/mol. The Morgan fingerprint density at radius 3 is 2.77 bits per heavy atom. The van der Waals surface area contributed by atoms with E-state index in [1.165, 1.54) is 0 Å². The SMILES string of the molecule is CC(N)C(O)c1cccc(CF)c1. The quantitative estimate of drug-likeness (QED) is 0.746. The van der Waals surface area contributed by atoms with Crippen LogP contribution in [0.4, 0.5) is 4.39 Å². The average molecular weight is 183 g/mol. The molecule has 0 radical (unpaired) electrons. The summed E-state index contributed by atoms with van der Waals surface area (Å²) in [6.45, 7) is 1.20. The summed E-state index contributed by atoms with van der Waals surface area (Å²) in [5, 5.41) is 9.57. The normalized spacial score (nSPS) is 15.4. The number of aliphatic hydroxyl groups is 1. The van der Waals surface area contributed by atoms with Crippen LogP contribution in [0.15, 0.2) is 24.3 Å². The molecule has 13 heavy (non-hydrogen) atoms. The third kappa shape index (κ3) is 2.50. The van der Waals surface area contributed by atoms with Crippen LogP contribution in [0, 0.1) is 0 Å². The molecule has 0 aliphatic heterocycles. The van der Waals surface area contributed by atoms with Crippen molar-refractivity contribution >= 4 is 0 Å². The van der Waals surface area contributed by atoms with Crippen molar-refractivity contribution in [1.29, 1.82) is 0 Å². The fraction of sp³-hybridized carbons (Fsp3) is 0.400. The molecule has 0 aliphatic carbocycles. The van der Waals surface area contributed by atoms with Crippen LogP contribution >= 0.6 is 0 Å². The molecular formula is C10H14FNO. The molecule has 0 aliphatic rings. The molecule has 0 saturated carbocycles. The molecule has 0 saturated heterocycles. The Kier molecular flexibility index (Phi) is 3.39. The van der Waals surface area contributed by atoms with E-state index in [-0.39, 0.29) is 6.04 Å². The Bertz CT molecular complexity index is 275. The molecule has 2 unspecified atom stereocenters. The van der Waals surface area contributed by atoms with Gasteiger partial charge in [0, 0.05) is 6.04 Å². The summed E-state index contributed by atoms with van der Waals surface area (Å²) < 4.78 is 12.3. The number of nitrogens with two attached hydrogens (primary N) is 1. The molecule has 1 rings (SSSR count). The standard InChI is InChI=1S/C10H14FNO/c1-7(12)10(13)9-4-2-3-8(5-9)6-11/h2-5,7,10,13H,6,12H2,1H3. The minimum Gasteiger partial charge on any atom is -0.387 e. The van der Waals surface area contributed by atoms with Crippen LogP contribution in [0.5, 0.6) is 0 Å². The van der Waals surface area contributed by atoms with Gasteiger partial charge in [-0.2, -0.15) is 0 Å². The molecule has 2 atom stereocenters. The highest BCUT2D eigenvalue weighted by Gasteiger charge is 2.11. The van der Waals surface area contributed by atoms with Crippen LogP contribution in [0.3, 0.4) is 0 Å². The Hall–Kier alpha value is -0.930. The van der Waals surface area contributed by atoms with Gasteiger partial charge in [-0.25, -0.2) is 4.39 Å². The van der Waals surface area contributed by atoms with Gasteiger partial charge in [-0.3, -0.25) is 0 Å². The van der Waals surface area contributed by atoms with Crippen molar-refractivity contribution in [3.63, 3.8) is 0 Å². The van der Waals surface area contributed by atoms with Gasteiger partial charge in [0.05, 0.1) is 6.10 Å². The van der Waals surface area contributed by atoms with E-state index in [2.05, 4.69) is 0 Å². The van der Waals surface area contributed by atoms with E-state index in [1.54, 1.807) is 31.2 Å². The van der Waals surface area contributed by atoms with Crippen molar-refractivity contribution in [2.24, 2.45) is 5.73 Å². The molecule has 0 bridgehead atoms. The average Bonchev–Trinajstić information content (AvgIpc) is 2.16. The van der Waals surface area contributed by atoms with Crippen molar-refractivity contribution < 1.29 is 9.50 Å². The molecule has 0 spiro atoms. The van der Waals surface area contributed by atoms with Gasteiger partial charge in [-0.15, -0.1) is 0 Å². The minimum atomic E-state index is -0.716. The highest BCUT2D eigenvalue weighted by Crippen LogP contribution is 2.17. The van der Waals surface area contributed by atoms with Crippen molar-refractivity contribution in [1.82, 2.24) is 0 Å². The van der Waals surface area contributed by atoms with Gasteiger partial charge in [0.15, 0.2) is 0 Å². The molecule has 0 amide bonds. The van der Waals surface area contributed by atoms with E-state index < -0.39 is 12.8 Å². The number of alkyl halides is 1. The summed E-state index contributed by atoms with van der Waals surface area (Å²) in [6.07, 6.45) is -0.716. The Labute approximate surface area is 77.2 Å². The fourth-order valence-corrected chi connectivity index (χ4v) is 1.16. The van der Waals surface area contributed by atoms with Crippen LogP contribution in [0.1, 0.15) is 24.2 Å². The third-order valence-electron chi connectivity index (χ3n) is 1.94. The molecule has 1 aromatic carbocycles. The van der Waals surface area contributed by atoms with Gasteiger partial charge >= 0.3 is 0 Å². The number of aliphatic hydroxyl groups excluding tert-OH is 1. The van der Waals surface area contributed by atoms with Crippen LogP contribution < -0.4 is 5.73 Å². The second kappa shape index (κ2) is 4.35. The van der Waals surface area contributed by atoms with Crippen molar-refractivity contribution in [2.75, 3.05) is 0 Å². The number of benzene rings is 1. The van der Waals surface area contributed by atoms with Crippen LogP contribution in [-0.2, 0) is 6.67 Å². The lowest BCUT2D eigenvalue weighted by atomic mass is 10.0. The monoisotopic (exact) mass is 183 g/mol. The summed E-state index contributed by atoms with van der Waals surface area (Å²) in [5.41, 5.74) is 6.75. The summed E-state index contributed by atoms with van der Waals surface area (Å²) in [4.78, 5) is 0. The number of rotatable bonds is 3. The molecule has 3 N–H and O–H groups in total. The molecule has 0 heterocycles. The Morgan fingerprint density at radius 1 is 1.54 bits per heavy atom. The molecule has 3 heteroatoms. The first kappa shape index (κ1) is 10.2. The van der Waals surface area contributed by atoms with Gasteiger partial charge in [0.25, 0.3) is 0 Å². The maximum Gasteiger partial charge on any atom is 0.115 e. The number of hydrogen-bond donors (Lipinski definition) is 2. The van der Waals surface area contributed by atoms with Gasteiger partial charge in [0.2, 0.25) is 0 Å². The van der Waals surface area contributed by atoms with E-state index >= 15 is 0 Å². The molecular weight excluding hydrogens is 169 g/mol. The first-order chi connectivity index (χ1) is 6.15. The minimum absolute atomic E-state index is 0.338. The topological polar surface area (TPSA) is 46.2 Å². The third-order valence-corrected chi connectivity index (χ3v) is 1.94. The van der Waals surface area contributed by atoms with Gasteiger partial charge in [-0.05, 0) is 18.1 Å². The zero-order chi connectivity index (χ0) is 9.84. The fourth-order valence-electron chi connectivity index (χ4n) is 1.16. The highest BCUT2D eigenvalue weighted by atomic mass is 19.1. The summed E-state index contributed by atoms with van der Waals surface area (Å²) in [6, 6.07) is 6.43. The predicted octanol–water partition coefficient (Wildman–Crippen LogP) is 1.54. The van der Waals surface area contributed by atoms with Gasteiger partial charge in [0.1, 0.15) is 6.67 Å². The van der Waals surface area contributed by atoms with E-state index in [4.69, 9.17) is 5.73 Å². The summed E-state index contributed by atoms with van der Waals surface area (Å²) in [7, 11) is 0. The molecule has 0 aromatic heterocycles. The second-order valence-corrected chi connectivity index (χ2v) is 3.18.